The first-order valence-electron chi connectivity index (χ1n) is 5.81. The summed E-state index contributed by atoms with van der Waals surface area (Å²) < 4.78 is 5.13. The molecule has 3 nitrogen and oxygen atoms in total. The Balaban J connectivity index is 2.14. The van der Waals surface area contributed by atoms with Crippen molar-refractivity contribution in [3.63, 3.8) is 0 Å². The highest BCUT2D eigenvalue weighted by Gasteiger charge is 2.00. The van der Waals surface area contributed by atoms with E-state index in [2.05, 4.69) is 5.32 Å². The van der Waals surface area contributed by atoms with Crippen LogP contribution in [0.25, 0.3) is 0 Å². The van der Waals surface area contributed by atoms with Crippen LogP contribution in [-0.2, 0) is 16.0 Å². The van der Waals surface area contributed by atoms with Gasteiger partial charge in [0.1, 0.15) is 6.61 Å². The van der Waals surface area contributed by atoms with Crippen LogP contribution in [0.3, 0.4) is 0 Å². The number of hydrogen-bond acceptors (Lipinski definition) is 2. The minimum absolute atomic E-state index is 0.0626. The standard InChI is InChI=1S/C13H18ClNO2/c1-2-9-17-10-13(16)15-8-7-11-3-5-12(14)6-4-11/h3-6H,2,7-10H2,1H3,(H,15,16). The van der Waals surface area contributed by atoms with Crippen molar-refractivity contribution in [2.45, 2.75) is 19.8 Å². The first-order chi connectivity index (χ1) is 8.22. The lowest BCUT2D eigenvalue weighted by Gasteiger charge is -2.05. The molecule has 0 radical (unpaired) electrons. The lowest BCUT2D eigenvalue weighted by molar-refractivity contribution is -0.125. The summed E-state index contributed by atoms with van der Waals surface area (Å²) in [5, 5.41) is 3.54. The van der Waals surface area contributed by atoms with Crippen LogP contribution in [0.15, 0.2) is 24.3 Å². The van der Waals surface area contributed by atoms with Gasteiger partial charge < -0.3 is 10.1 Å². The molecule has 0 saturated heterocycles. The normalized spacial score (nSPS) is 10.2. The molecule has 0 saturated carbocycles. The SMILES string of the molecule is CCCOCC(=O)NCCc1ccc(Cl)cc1. The average Bonchev–Trinajstić information content (AvgIpc) is 2.32. The van der Waals surface area contributed by atoms with Gasteiger partial charge in [-0.05, 0) is 30.5 Å². The van der Waals surface area contributed by atoms with Crippen LogP contribution in [-0.4, -0.2) is 25.7 Å². The summed E-state index contributed by atoms with van der Waals surface area (Å²) in [6.45, 7) is 3.41. The van der Waals surface area contributed by atoms with Crippen molar-refractivity contribution in [2.75, 3.05) is 19.8 Å². The first-order valence-corrected chi connectivity index (χ1v) is 6.19. The third-order valence-corrected chi connectivity index (χ3v) is 2.48. The fourth-order valence-corrected chi connectivity index (χ4v) is 1.48. The van der Waals surface area contributed by atoms with Crippen molar-refractivity contribution in [2.24, 2.45) is 0 Å². The van der Waals surface area contributed by atoms with Crippen LogP contribution in [0.4, 0.5) is 0 Å². The number of benzene rings is 1. The van der Waals surface area contributed by atoms with Crippen molar-refractivity contribution >= 4 is 17.5 Å². The van der Waals surface area contributed by atoms with Gasteiger partial charge in [0, 0.05) is 18.2 Å². The monoisotopic (exact) mass is 255 g/mol. The van der Waals surface area contributed by atoms with Crippen molar-refractivity contribution in [3.05, 3.63) is 34.9 Å². The van der Waals surface area contributed by atoms with Gasteiger partial charge in [-0.15, -0.1) is 0 Å². The molecule has 1 aromatic rings. The van der Waals surface area contributed by atoms with Gasteiger partial charge in [-0.3, -0.25) is 4.79 Å². The molecule has 0 aliphatic heterocycles. The molecule has 1 aromatic carbocycles. The van der Waals surface area contributed by atoms with E-state index in [9.17, 15) is 4.79 Å². The predicted molar refractivity (Wildman–Crippen MR) is 69.3 cm³/mol. The molecule has 0 atom stereocenters. The Bertz CT molecular complexity index is 338. The number of carbonyl (C=O) groups excluding carboxylic acids is 1. The summed E-state index contributed by atoms with van der Waals surface area (Å²) in [5.41, 5.74) is 1.16. The van der Waals surface area contributed by atoms with E-state index in [1.165, 1.54) is 0 Å². The Morgan fingerprint density at radius 2 is 2.06 bits per heavy atom. The highest BCUT2D eigenvalue weighted by atomic mass is 35.5. The maximum Gasteiger partial charge on any atom is 0.246 e. The molecular weight excluding hydrogens is 238 g/mol. The maximum absolute atomic E-state index is 11.3. The fraction of sp³-hybridized carbons (Fsp3) is 0.462. The second-order valence-corrected chi connectivity index (χ2v) is 4.22. The predicted octanol–water partition coefficient (Wildman–Crippen LogP) is 2.43. The molecule has 1 amide bonds. The second-order valence-electron chi connectivity index (χ2n) is 3.78. The zero-order valence-electron chi connectivity index (χ0n) is 10.0. The zero-order chi connectivity index (χ0) is 12.5. The van der Waals surface area contributed by atoms with Crippen molar-refractivity contribution < 1.29 is 9.53 Å². The van der Waals surface area contributed by atoms with E-state index < -0.39 is 0 Å². The zero-order valence-corrected chi connectivity index (χ0v) is 10.8. The van der Waals surface area contributed by atoms with E-state index >= 15 is 0 Å². The third kappa shape index (κ3) is 6.29. The van der Waals surface area contributed by atoms with Gasteiger partial charge in [0.05, 0.1) is 0 Å². The summed E-state index contributed by atoms with van der Waals surface area (Å²) in [6, 6.07) is 7.62. The van der Waals surface area contributed by atoms with Crippen LogP contribution in [0.1, 0.15) is 18.9 Å². The molecule has 0 bridgehead atoms. The van der Waals surface area contributed by atoms with Crippen molar-refractivity contribution in [3.8, 4) is 0 Å². The lowest BCUT2D eigenvalue weighted by atomic mass is 10.1. The Morgan fingerprint density at radius 3 is 2.71 bits per heavy atom. The first kappa shape index (κ1) is 14.0. The highest BCUT2D eigenvalue weighted by Crippen LogP contribution is 2.09. The number of rotatable bonds is 7. The highest BCUT2D eigenvalue weighted by molar-refractivity contribution is 6.30. The third-order valence-electron chi connectivity index (χ3n) is 2.23. The van der Waals surface area contributed by atoms with Crippen LogP contribution >= 0.6 is 11.6 Å². The Labute approximate surface area is 107 Å². The molecule has 4 heteroatoms. The summed E-state index contributed by atoms with van der Waals surface area (Å²) in [7, 11) is 0. The molecule has 0 fully saturated rings. The number of nitrogens with one attached hydrogen (secondary N) is 1. The van der Waals surface area contributed by atoms with Gasteiger partial charge in [-0.1, -0.05) is 30.7 Å². The van der Waals surface area contributed by atoms with E-state index in [-0.39, 0.29) is 12.5 Å². The van der Waals surface area contributed by atoms with Gasteiger partial charge in [-0.2, -0.15) is 0 Å². The van der Waals surface area contributed by atoms with E-state index in [0.717, 1.165) is 23.4 Å². The number of carbonyl (C=O) groups is 1. The summed E-state index contributed by atoms with van der Waals surface area (Å²) in [5.74, 6) is -0.0626. The van der Waals surface area contributed by atoms with Crippen molar-refractivity contribution in [1.82, 2.24) is 5.32 Å². The molecule has 94 valence electrons. The largest absolute Gasteiger partial charge is 0.372 e. The lowest BCUT2D eigenvalue weighted by Crippen LogP contribution is -2.29. The second kappa shape index (κ2) is 8.09. The summed E-state index contributed by atoms with van der Waals surface area (Å²) >= 11 is 5.78. The topological polar surface area (TPSA) is 38.3 Å². The molecule has 0 spiro atoms. The molecule has 0 aliphatic carbocycles. The summed E-state index contributed by atoms with van der Waals surface area (Å²) in [6.07, 6.45) is 1.73. The molecule has 0 aliphatic rings. The molecular formula is C13H18ClNO2. The van der Waals surface area contributed by atoms with Gasteiger partial charge >= 0.3 is 0 Å². The maximum atomic E-state index is 11.3. The van der Waals surface area contributed by atoms with E-state index in [1.807, 2.05) is 31.2 Å². The number of hydrogen-bond donors (Lipinski definition) is 1. The Hall–Kier alpha value is -1.06. The Morgan fingerprint density at radius 1 is 1.35 bits per heavy atom. The fourth-order valence-electron chi connectivity index (χ4n) is 1.36. The van der Waals surface area contributed by atoms with Gasteiger partial charge in [0.15, 0.2) is 0 Å². The van der Waals surface area contributed by atoms with E-state index in [1.54, 1.807) is 0 Å². The van der Waals surface area contributed by atoms with Crippen LogP contribution in [0.2, 0.25) is 5.02 Å². The smallest absolute Gasteiger partial charge is 0.246 e. The molecule has 0 heterocycles. The van der Waals surface area contributed by atoms with Crippen LogP contribution in [0.5, 0.6) is 0 Å². The van der Waals surface area contributed by atoms with Gasteiger partial charge in [0.25, 0.3) is 0 Å². The number of halogens is 1. The average molecular weight is 256 g/mol. The van der Waals surface area contributed by atoms with Crippen molar-refractivity contribution in [1.29, 1.82) is 0 Å². The molecule has 0 unspecified atom stereocenters. The minimum Gasteiger partial charge on any atom is -0.372 e. The van der Waals surface area contributed by atoms with E-state index in [4.69, 9.17) is 16.3 Å². The summed E-state index contributed by atoms with van der Waals surface area (Å²) in [4.78, 5) is 11.3. The van der Waals surface area contributed by atoms with Crippen LogP contribution in [0, 0.1) is 0 Å². The van der Waals surface area contributed by atoms with Crippen LogP contribution < -0.4 is 5.32 Å². The van der Waals surface area contributed by atoms with E-state index in [0.29, 0.717) is 13.2 Å². The molecule has 17 heavy (non-hydrogen) atoms. The number of ether oxygens (including phenoxy) is 1. The quantitative estimate of drug-likeness (QED) is 0.760. The minimum atomic E-state index is -0.0626. The van der Waals surface area contributed by atoms with Gasteiger partial charge in [-0.25, -0.2) is 0 Å². The number of amides is 1. The molecule has 1 N–H and O–H groups in total. The molecule has 1 rings (SSSR count). The van der Waals surface area contributed by atoms with Gasteiger partial charge in [0.2, 0.25) is 5.91 Å². The molecule has 0 aromatic heterocycles. The Kier molecular flexibility index (Phi) is 6.67.